The van der Waals surface area contributed by atoms with Gasteiger partial charge in [-0.3, -0.25) is 0 Å². The smallest absolute Gasteiger partial charge is 0.0619 e. The number of likely N-dealkylation sites (N-methyl/N-ethyl adjacent to an activating group) is 1. The van der Waals surface area contributed by atoms with Gasteiger partial charge >= 0.3 is 0 Å². The predicted octanol–water partition coefficient (Wildman–Crippen LogP) is 2.83. The molecule has 0 fully saturated rings. The third-order valence-corrected chi connectivity index (χ3v) is 2.43. The zero-order chi connectivity index (χ0) is 10.8. The SMILES string of the molecule is CCCC(COCCCC(C)C)NC. The molecule has 86 valence electrons. The van der Waals surface area contributed by atoms with Crippen LogP contribution in [0.2, 0.25) is 0 Å². The summed E-state index contributed by atoms with van der Waals surface area (Å²) in [7, 11) is 2.01. The first-order valence-electron chi connectivity index (χ1n) is 5.95. The van der Waals surface area contributed by atoms with Gasteiger partial charge in [0, 0.05) is 12.6 Å². The Kier molecular flexibility index (Phi) is 9.42. The molecule has 0 aromatic rings. The standard InChI is InChI=1S/C12H27NO/c1-5-7-12(13-4)10-14-9-6-8-11(2)3/h11-13H,5-10H2,1-4H3. The van der Waals surface area contributed by atoms with Gasteiger partial charge in [0.1, 0.15) is 0 Å². The van der Waals surface area contributed by atoms with E-state index in [1.807, 2.05) is 7.05 Å². The number of nitrogens with one attached hydrogen (secondary N) is 1. The van der Waals surface area contributed by atoms with Crippen LogP contribution in [-0.2, 0) is 4.74 Å². The second kappa shape index (κ2) is 9.47. The minimum Gasteiger partial charge on any atom is -0.380 e. The van der Waals surface area contributed by atoms with Crippen LogP contribution in [0.4, 0.5) is 0 Å². The van der Waals surface area contributed by atoms with E-state index in [4.69, 9.17) is 4.74 Å². The van der Waals surface area contributed by atoms with Crippen molar-refractivity contribution in [3.05, 3.63) is 0 Å². The molecule has 14 heavy (non-hydrogen) atoms. The van der Waals surface area contributed by atoms with E-state index in [2.05, 4.69) is 26.1 Å². The molecule has 2 nitrogen and oxygen atoms in total. The Morgan fingerprint density at radius 1 is 1.21 bits per heavy atom. The quantitative estimate of drug-likeness (QED) is 0.579. The normalized spacial score (nSPS) is 13.5. The summed E-state index contributed by atoms with van der Waals surface area (Å²) in [6, 6.07) is 0.541. The average molecular weight is 201 g/mol. The third kappa shape index (κ3) is 8.52. The first-order valence-corrected chi connectivity index (χ1v) is 5.95. The van der Waals surface area contributed by atoms with Crippen molar-refractivity contribution in [2.24, 2.45) is 5.92 Å². The molecular formula is C12H27NO. The van der Waals surface area contributed by atoms with E-state index in [-0.39, 0.29) is 0 Å². The van der Waals surface area contributed by atoms with Crippen molar-refractivity contribution in [1.82, 2.24) is 5.32 Å². The lowest BCUT2D eigenvalue weighted by Crippen LogP contribution is -2.30. The topological polar surface area (TPSA) is 21.3 Å². The lowest BCUT2D eigenvalue weighted by atomic mass is 10.1. The molecule has 0 amide bonds. The van der Waals surface area contributed by atoms with Gasteiger partial charge in [0.25, 0.3) is 0 Å². The van der Waals surface area contributed by atoms with Crippen molar-refractivity contribution in [1.29, 1.82) is 0 Å². The molecule has 1 unspecified atom stereocenters. The van der Waals surface area contributed by atoms with Crippen LogP contribution < -0.4 is 5.32 Å². The van der Waals surface area contributed by atoms with Crippen LogP contribution in [0, 0.1) is 5.92 Å². The molecule has 0 bridgehead atoms. The molecule has 0 aliphatic rings. The fraction of sp³-hybridized carbons (Fsp3) is 1.00. The Morgan fingerprint density at radius 2 is 1.93 bits per heavy atom. The van der Waals surface area contributed by atoms with Crippen LogP contribution in [0.5, 0.6) is 0 Å². The van der Waals surface area contributed by atoms with Crippen LogP contribution in [0.3, 0.4) is 0 Å². The summed E-state index contributed by atoms with van der Waals surface area (Å²) in [5.74, 6) is 0.800. The summed E-state index contributed by atoms with van der Waals surface area (Å²) in [4.78, 5) is 0. The van der Waals surface area contributed by atoms with Crippen molar-refractivity contribution in [3.8, 4) is 0 Å². The minimum absolute atomic E-state index is 0.541. The number of hydrogen-bond donors (Lipinski definition) is 1. The molecule has 0 radical (unpaired) electrons. The molecule has 2 heteroatoms. The van der Waals surface area contributed by atoms with Crippen LogP contribution >= 0.6 is 0 Å². The summed E-state index contributed by atoms with van der Waals surface area (Å²) < 4.78 is 5.63. The van der Waals surface area contributed by atoms with Crippen LogP contribution in [0.25, 0.3) is 0 Å². The third-order valence-electron chi connectivity index (χ3n) is 2.43. The van der Waals surface area contributed by atoms with Gasteiger partial charge in [-0.1, -0.05) is 27.2 Å². The van der Waals surface area contributed by atoms with Gasteiger partial charge in [-0.25, -0.2) is 0 Å². The summed E-state index contributed by atoms with van der Waals surface area (Å²) in [6.07, 6.45) is 4.90. The molecule has 0 spiro atoms. The van der Waals surface area contributed by atoms with E-state index in [9.17, 15) is 0 Å². The Hall–Kier alpha value is -0.0800. The predicted molar refractivity (Wildman–Crippen MR) is 62.6 cm³/mol. The molecule has 0 aromatic heterocycles. The Bertz CT molecular complexity index is 115. The summed E-state index contributed by atoms with van der Waals surface area (Å²) in [5.41, 5.74) is 0. The van der Waals surface area contributed by atoms with E-state index in [0.717, 1.165) is 19.1 Å². The highest BCUT2D eigenvalue weighted by Gasteiger charge is 2.03. The maximum absolute atomic E-state index is 5.63. The van der Waals surface area contributed by atoms with Gasteiger partial charge in [0.15, 0.2) is 0 Å². The van der Waals surface area contributed by atoms with Gasteiger partial charge in [-0.05, 0) is 32.2 Å². The summed E-state index contributed by atoms with van der Waals surface area (Å²) in [5, 5.41) is 3.28. The first-order chi connectivity index (χ1) is 6.70. The Morgan fingerprint density at radius 3 is 2.43 bits per heavy atom. The molecule has 0 saturated carbocycles. The first kappa shape index (κ1) is 13.9. The van der Waals surface area contributed by atoms with Gasteiger partial charge < -0.3 is 10.1 Å². The lowest BCUT2D eigenvalue weighted by molar-refractivity contribution is 0.105. The highest BCUT2D eigenvalue weighted by Crippen LogP contribution is 2.04. The van der Waals surface area contributed by atoms with Crippen molar-refractivity contribution in [2.45, 2.75) is 52.5 Å². The molecule has 0 aliphatic heterocycles. The van der Waals surface area contributed by atoms with E-state index in [1.54, 1.807) is 0 Å². The van der Waals surface area contributed by atoms with E-state index >= 15 is 0 Å². The maximum Gasteiger partial charge on any atom is 0.0619 e. The number of ether oxygens (including phenoxy) is 1. The maximum atomic E-state index is 5.63. The summed E-state index contributed by atoms with van der Waals surface area (Å²) in [6.45, 7) is 8.51. The molecule has 0 rings (SSSR count). The average Bonchev–Trinajstić information content (AvgIpc) is 2.15. The second-order valence-corrected chi connectivity index (χ2v) is 4.39. The molecule has 1 N–H and O–H groups in total. The molecule has 1 atom stereocenters. The monoisotopic (exact) mass is 201 g/mol. The van der Waals surface area contributed by atoms with E-state index in [1.165, 1.54) is 25.7 Å². The van der Waals surface area contributed by atoms with Gasteiger partial charge in [-0.2, -0.15) is 0 Å². The Balaban J connectivity index is 3.24. The fourth-order valence-electron chi connectivity index (χ4n) is 1.48. The molecule has 0 aliphatic carbocycles. The van der Waals surface area contributed by atoms with Gasteiger partial charge in [0.05, 0.1) is 6.61 Å². The van der Waals surface area contributed by atoms with Crippen LogP contribution in [-0.4, -0.2) is 26.3 Å². The van der Waals surface area contributed by atoms with Crippen LogP contribution in [0.15, 0.2) is 0 Å². The lowest BCUT2D eigenvalue weighted by Gasteiger charge is -2.15. The van der Waals surface area contributed by atoms with E-state index < -0.39 is 0 Å². The van der Waals surface area contributed by atoms with Gasteiger partial charge in [-0.15, -0.1) is 0 Å². The minimum atomic E-state index is 0.541. The second-order valence-electron chi connectivity index (χ2n) is 4.39. The molecule has 0 saturated heterocycles. The molecule has 0 heterocycles. The fourth-order valence-corrected chi connectivity index (χ4v) is 1.48. The Labute approximate surface area is 89.4 Å². The van der Waals surface area contributed by atoms with Crippen molar-refractivity contribution >= 4 is 0 Å². The largest absolute Gasteiger partial charge is 0.380 e. The number of hydrogen-bond acceptors (Lipinski definition) is 2. The van der Waals surface area contributed by atoms with E-state index in [0.29, 0.717) is 6.04 Å². The molecule has 0 aromatic carbocycles. The van der Waals surface area contributed by atoms with Crippen molar-refractivity contribution in [3.63, 3.8) is 0 Å². The van der Waals surface area contributed by atoms with Gasteiger partial charge in [0.2, 0.25) is 0 Å². The van der Waals surface area contributed by atoms with Crippen LogP contribution in [0.1, 0.15) is 46.5 Å². The highest BCUT2D eigenvalue weighted by atomic mass is 16.5. The zero-order valence-electron chi connectivity index (χ0n) is 10.3. The van der Waals surface area contributed by atoms with Crippen molar-refractivity contribution in [2.75, 3.05) is 20.3 Å². The zero-order valence-corrected chi connectivity index (χ0v) is 10.3. The number of rotatable bonds is 9. The molecular weight excluding hydrogens is 174 g/mol. The highest BCUT2D eigenvalue weighted by molar-refractivity contribution is 4.61. The van der Waals surface area contributed by atoms with Crippen molar-refractivity contribution < 1.29 is 4.74 Å². The summed E-state index contributed by atoms with van der Waals surface area (Å²) >= 11 is 0.